The number of sulfonamides is 1. The zero-order valence-corrected chi connectivity index (χ0v) is 29.5. The highest BCUT2D eigenvalue weighted by molar-refractivity contribution is 7.99. The van der Waals surface area contributed by atoms with E-state index < -0.39 is 16.3 Å². The van der Waals surface area contributed by atoms with Gasteiger partial charge >= 0.3 is 0 Å². The Labute approximate surface area is 297 Å². The maximum atomic E-state index is 12.9. The van der Waals surface area contributed by atoms with E-state index in [9.17, 15) is 18.3 Å². The van der Waals surface area contributed by atoms with Crippen molar-refractivity contribution < 1.29 is 27.8 Å². The number of hydrogen-bond donors (Lipinski definition) is 3. The molecule has 6 rings (SSSR count). The van der Waals surface area contributed by atoms with E-state index in [2.05, 4.69) is 17.0 Å². The van der Waals surface area contributed by atoms with Crippen LogP contribution in [0.1, 0.15) is 48.5 Å². The molecule has 1 aliphatic rings. The lowest BCUT2D eigenvalue weighted by atomic mass is 9.91. The first-order valence-electron chi connectivity index (χ1n) is 16.4. The van der Waals surface area contributed by atoms with Crippen molar-refractivity contribution in [1.82, 2.24) is 4.72 Å². The molecule has 8 nitrogen and oxygen atoms in total. The molecule has 0 radical (unpaired) electrons. The van der Waals surface area contributed by atoms with E-state index in [0.717, 1.165) is 44.0 Å². The zero-order chi connectivity index (χ0) is 35.1. The molecular formula is C40H40N2O6S2. The monoisotopic (exact) mass is 708 g/mol. The molecule has 1 heterocycles. The Balaban J connectivity index is 1.21. The maximum absolute atomic E-state index is 12.9. The third kappa shape index (κ3) is 8.70. The highest BCUT2D eigenvalue weighted by atomic mass is 32.2. The topological polar surface area (TPSA) is 114 Å². The summed E-state index contributed by atoms with van der Waals surface area (Å²) >= 11 is 1.69. The minimum absolute atomic E-state index is 0.0263. The first-order valence-corrected chi connectivity index (χ1v) is 18.9. The minimum atomic E-state index is -3.66. The third-order valence-corrected chi connectivity index (χ3v) is 11.2. The van der Waals surface area contributed by atoms with Gasteiger partial charge in [-0.15, -0.1) is 11.8 Å². The van der Waals surface area contributed by atoms with Crippen molar-refractivity contribution in [3.05, 3.63) is 150 Å². The van der Waals surface area contributed by atoms with Gasteiger partial charge in [-0.25, -0.2) is 13.1 Å². The Morgan fingerprint density at radius 3 is 2.14 bits per heavy atom. The fraction of sp³-hybridized carbons (Fsp3) is 0.225. The predicted molar refractivity (Wildman–Crippen MR) is 197 cm³/mol. The molecule has 5 aromatic carbocycles. The second kappa shape index (κ2) is 16.2. The van der Waals surface area contributed by atoms with Crippen LogP contribution >= 0.6 is 11.8 Å². The summed E-state index contributed by atoms with van der Waals surface area (Å²) in [5.41, 5.74) is 6.20. The number of aliphatic hydroxyl groups is 1. The molecule has 4 atom stereocenters. The fourth-order valence-corrected chi connectivity index (χ4v) is 8.05. The Morgan fingerprint density at radius 1 is 0.800 bits per heavy atom. The van der Waals surface area contributed by atoms with Crippen LogP contribution in [0.25, 0.3) is 11.1 Å². The van der Waals surface area contributed by atoms with Crippen LogP contribution in [0.4, 0.5) is 5.69 Å². The highest BCUT2D eigenvalue weighted by Gasteiger charge is 2.38. The van der Waals surface area contributed by atoms with Gasteiger partial charge in [-0.3, -0.25) is 4.79 Å². The normalized spacial score (nSPS) is 19.2. The third-order valence-electron chi connectivity index (χ3n) is 8.73. The Kier molecular flexibility index (Phi) is 11.5. The number of amides is 1. The van der Waals surface area contributed by atoms with Crippen LogP contribution in [0, 0.1) is 5.92 Å². The van der Waals surface area contributed by atoms with Gasteiger partial charge < -0.3 is 19.9 Å². The van der Waals surface area contributed by atoms with Gasteiger partial charge in [0, 0.05) is 41.3 Å². The lowest BCUT2D eigenvalue weighted by molar-refractivity contribution is -0.268. The molecule has 0 bridgehead atoms. The lowest BCUT2D eigenvalue weighted by Gasteiger charge is -2.41. The van der Waals surface area contributed by atoms with Crippen molar-refractivity contribution in [3.63, 3.8) is 0 Å². The van der Waals surface area contributed by atoms with Crippen molar-refractivity contribution in [1.29, 1.82) is 0 Å². The van der Waals surface area contributed by atoms with Gasteiger partial charge in [0.05, 0.1) is 23.7 Å². The van der Waals surface area contributed by atoms with E-state index >= 15 is 0 Å². The zero-order valence-electron chi connectivity index (χ0n) is 27.9. The molecule has 258 valence electrons. The molecule has 10 heteroatoms. The molecule has 0 saturated carbocycles. The van der Waals surface area contributed by atoms with Crippen LogP contribution in [0.3, 0.4) is 0 Å². The summed E-state index contributed by atoms with van der Waals surface area (Å²) in [5.74, 6) is 0.612. The molecule has 1 saturated heterocycles. The summed E-state index contributed by atoms with van der Waals surface area (Å²) < 4.78 is 41.8. The molecule has 0 aromatic heterocycles. The van der Waals surface area contributed by atoms with Crippen LogP contribution in [0.2, 0.25) is 0 Å². The van der Waals surface area contributed by atoms with Crippen LogP contribution < -0.4 is 10.0 Å². The summed E-state index contributed by atoms with van der Waals surface area (Å²) in [5, 5.41) is 12.4. The highest BCUT2D eigenvalue weighted by Crippen LogP contribution is 2.43. The van der Waals surface area contributed by atoms with E-state index in [0.29, 0.717) is 5.75 Å². The summed E-state index contributed by atoms with van der Waals surface area (Å²) in [6.07, 6.45) is -1.01. The van der Waals surface area contributed by atoms with Crippen molar-refractivity contribution in [2.45, 2.75) is 55.3 Å². The molecule has 5 aromatic rings. The maximum Gasteiger partial charge on any atom is 0.240 e. The second-order valence-corrected chi connectivity index (χ2v) is 15.1. The van der Waals surface area contributed by atoms with Crippen molar-refractivity contribution in [2.24, 2.45) is 5.92 Å². The molecule has 1 aliphatic heterocycles. The summed E-state index contributed by atoms with van der Waals surface area (Å²) in [6, 6.07) is 39.7. The number of benzene rings is 5. The average Bonchev–Trinajstić information content (AvgIpc) is 3.14. The molecule has 0 aliphatic carbocycles. The van der Waals surface area contributed by atoms with Gasteiger partial charge in [-0.2, -0.15) is 0 Å². The SMILES string of the molecule is CC(=O)Nc1ccc(SC[C@@H]2O[C@H](c3ccc(-c4ccccc4CNS(=O)(=O)c4ccccc4)cc3)O[C@H](c3ccc(CO)cc3)[C@@H]2C)cc1. The van der Waals surface area contributed by atoms with Gasteiger partial charge in [-0.05, 0) is 64.2 Å². The van der Waals surface area contributed by atoms with Gasteiger partial charge in [0.1, 0.15) is 0 Å². The quantitative estimate of drug-likeness (QED) is 0.113. The van der Waals surface area contributed by atoms with Crippen LogP contribution in [0.15, 0.2) is 137 Å². The average molecular weight is 709 g/mol. The second-order valence-electron chi connectivity index (χ2n) is 12.3. The summed E-state index contributed by atoms with van der Waals surface area (Å²) in [6.45, 7) is 3.75. The van der Waals surface area contributed by atoms with Crippen molar-refractivity contribution in [2.75, 3.05) is 11.1 Å². The first-order chi connectivity index (χ1) is 24.2. The van der Waals surface area contributed by atoms with E-state index in [1.54, 1.807) is 42.1 Å². The van der Waals surface area contributed by atoms with Crippen molar-refractivity contribution in [3.8, 4) is 11.1 Å². The largest absolute Gasteiger partial charge is 0.392 e. The number of rotatable bonds is 12. The molecular weight excluding hydrogens is 669 g/mol. The van der Waals surface area contributed by atoms with Gasteiger partial charge in [0.2, 0.25) is 15.9 Å². The molecule has 0 spiro atoms. The van der Waals surface area contributed by atoms with Crippen LogP contribution in [-0.4, -0.2) is 31.3 Å². The summed E-state index contributed by atoms with van der Waals surface area (Å²) in [4.78, 5) is 12.7. The molecule has 50 heavy (non-hydrogen) atoms. The van der Waals surface area contributed by atoms with Crippen molar-refractivity contribution >= 4 is 33.4 Å². The number of ether oxygens (including phenoxy) is 2. The van der Waals surface area contributed by atoms with E-state index in [-0.39, 0.29) is 42.1 Å². The number of carbonyl (C=O) groups excluding carboxylic acids is 1. The molecule has 1 amide bonds. The Hall–Kier alpha value is -4.29. The van der Waals surface area contributed by atoms with E-state index in [1.165, 1.54) is 6.92 Å². The van der Waals surface area contributed by atoms with Gasteiger partial charge in [0.15, 0.2) is 6.29 Å². The number of carbonyl (C=O) groups is 1. The van der Waals surface area contributed by atoms with E-state index in [1.807, 2.05) is 97.1 Å². The fourth-order valence-electron chi connectivity index (χ4n) is 5.96. The Morgan fingerprint density at radius 2 is 1.46 bits per heavy atom. The first kappa shape index (κ1) is 35.5. The number of hydrogen-bond acceptors (Lipinski definition) is 7. The smallest absolute Gasteiger partial charge is 0.240 e. The lowest BCUT2D eigenvalue weighted by Crippen LogP contribution is -2.38. The Bertz CT molecular complexity index is 1990. The number of thioether (sulfide) groups is 1. The van der Waals surface area contributed by atoms with Gasteiger partial charge in [-0.1, -0.05) is 97.9 Å². The minimum Gasteiger partial charge on any atom is -0.392 e. The van der Waals surface area contributed by atoms with Crippen LogP contribution in [0.5, 0.6) is 0 Å². The number of anilines is 1. The summed E-state index contributed by atoms with van der Waals surface area (Å²) in [7, 11) is -3.66. The number of aliphatic hydroxyl groups excluding tert-OH is 1. The standard InChI is InChI=1S/C40H40N2O6S2/c1-27-38(26-49-35-22-20-34(21-23-35)42-28(2)44)47-40(48-39(27)31-14-12-29(25-43)13-15-31)32-18-16-30(17-19-32)37-11-7-6-8-33(37)24-41-50(45,46)36-9-4-3-5-10-36/h3-23,27,38-41,43H,24-26H2,1-2H3,(H,42,44)/t27-,38+,39+,40+/m1/s1. The van der Waals surface area contributed by atoms with Crippen LogP contribution in [-0.2, 0) is 37.4 Å². The predicted octanol–water partition coefficient (Wildman–Crippen LogP) is 7.87. The number of nitrogens with one attached hydrogen (secondary N) is 2. The van der Waals surface area contributed by atoms with Gasteiger partial charge in [0.25, 0.3) is 0 Å². The van der Waals surface area contributed by atoms with E-state index in [4.69, 9.17) is 9.47 Å². The molecule has 3 N–H and O–H groups in total. The molecule has 0 unspecified atom stereocenters. The molecule has 1 fully saturated rings.